The molecule has 2 aromatic heterocycles. The van der Waals surface area contributed by atoms with Crippen molar-refractivity contribution in [2.24, 2.45) is 5.73 Å². The van der Waals surface area contributed by atoms with Gasteiger partial charge in [0.15, 0.2) is 0 Å². The molecule has 3 rings (SSSR count). The van der Waals surface area contributed by atoms with Crippen LogP contribution in [0.25, 0.3) is 11.4 Å². The predicted molar refractivity (Wildman–Crippen MR) is 70.1 cm³/mol. The monoisotopic (exact) mass is 257 g/mol. The Morgan fingerprint density at radius 1 is 1.17 bits per heavy atom. The molecule has 18 heavy (non-hydrogen) atoms. The number of nitrogens with two attached hydrogens (primary N) is 1. The molecule has 2 heterocycles. The summed E-state index contributed by atoms with van der Waals surface area (Å²) in [5.74, 6) is 1.01. The number of hydrogen-bond donors (Lipinski definition) is 1. The van der Waals surface area contributed by atoms with Crippen LogP contribution >= 0.6 is 11.3 Å². The van der Waals surface area contributed by atoms with Crippen LogP contribution in [-0.2, 0) is 0 Å². The molecule has 0 aliphatic heterocycles. The van der Waals surface area contributed by atoms with Crippen LogP contribution in [0.15, 0.2) is 51.7 Å². The van der Waals surface area contributed by atoms with Gasteiger partial charge in [0.1, 0.15) is 6.04 Å². The number of aromatic nitrogens is 2. The highest BCUT2D eigenvalue weighted by Gasteiger charge is 2.17. The molecule has 90 valence electrons. The molecule has 0 fully saturated rings. The Hall–Kier alpha value is -1.98. The van der Waals surface area contributed by atoms with Crippen LogP contribution in [0.3, 0.4) is 0 Å². The first kappa shape index (κ1) is 11.1. The minimum absolute atomic E-state index is 0.383. The number of benzene rings is 1. The summed E-state index contributed by atoms with van der Waals surface area (Å²) in [7, 11) is 0. The van der Waals surface area contributed by atoms with Gasteiger partial charge in [-0.15, -0.1) is 0 Å². The molecule has 0 amide bonds. The van der Waals surface area contributed by atoms with E-state index in [9.17, 15) is 0 Å². The van der Waals surface area contributed by atoms with Gasteiger partial charge in [0.25, 0.3) is 0 Å². The van der Waals surface area contributed by atoms with E-state index in [4.69, 9.17) is 10.3 Å². The molecular weight excluding hydrogens is 246 g/mol. The molecule has 0 aliphatic rings. The molecule has 5 heteroatoms. The highest BCUT2D eigenvalue weighted by molar-refractivity contribution is 7.08. The lowest BCUT2D eigenvalue weighted by molar-refractivity contribution is 0.367. The van der Waals surface area contributed by atoms with Crippen LogP contribution < -0.4 is 5.73 Å². The van der Waals surface area contributed by atoms with Gasteiger partial charge in [0.05, 0.1) is 0 Å². The fourth-order valence-corrected chi connectivity index (χ4v) is 2.31. The van der Waals surface area contributed by atoms with Gasteiger partial charge >= 0.3 is 0 Å². The molecule has 1 aromatic carbocycles. The van der Waals surface area contributed by atoms with Gasteiger partial charge in [-0.2, -0.15) is 16.3 Å². The summed E-state index contributed by atoms with van der Waals surface area (Å²) in [5, 5.41) is 7.90. The Labute approximate surface area is 108 Å². The zero-order chi connectivity index (χ0) is 12.4. The van der Waals surface area contributed by atoms with Crippen LogP contribution in [0.5, 0.6) is 0 Å². The maximum Gasteiger partial charge on any atom is 0.248 e. The quantitative estimate of drug-likeness (QED) is 0.783. The van der Waals surface area contributed by atoms with E-state index in [1.54, 1.807) is 11.3 Å². The van der Waals surface area contributed by atoms with Gasteiger partial charge in [-0.25, -0.2) is 0 Å². The van der Waals surface area contributed by atoms with Crippen molar-refractivity contribution in [1.82, 2.24) is 10.1 Å². The molecule has 1 atom stereocenters. The van der Waals surface area contributed by atoms with E-state index in [0.717, 1.165) is 11.1 Å². The van der Waals surface area contributed by atoms with Crippen LogP contribution in [-0.4, -0.2) is 10.1 Å². The minimum Gasteiger partial charge on any atom is -0.337 e. The number of thiophene rings is 1. The van der Waals surface area contributed by atoms with Crippen LogP contribution in [0.4, 0.5) is 0 Å². The van der Waals surface area contributed by atoms with E-state index in [0.29, 0.717) is 11.7 Å². The van der Waals surface area contributed by atoms with Gasteiger partial charge in [-0.05, 0) is 17.0 Å². The summed E-state index contributed by atoms with van der Waals surface area (Å²) in [6.07, 6.45) is 0. The SMILES string of the molecule is NC(c1ccccc1)c1nc(-c2ccsc2)no1. The molecule has 0 bridgehead atoms. The zero-order valence-corrected chi connectivity index (χ0v) is 10.3. The lowest BCUT2D eigenvalue weighted by Gasteiger charge is -2.05. The fourth-order valence-electron chi connectivity index (χ4n) is 1.67. The third-order valence-corrected chi connectivity index (χ3v) is 3.33. The summed E-state index contributed by atoms with van der Waals surface area (Å²) in [6.45, 7) is 0. The van der Waals surface area contributed by atoms with Crippen molar-refractivity contribution in [3.63, 3.8) is 0 Å². The second kappa shape index (κ2) is 4.72. The summed E-state index contributed by atoms with van der Waals surface area (Å²) in [6, 6.07) is 11.3. The summed E-state index contributed by atoms with van der Waals surface area (Å²) in [4.78, 5) is 4.33. The van der Waals surface area contributed by atoms with E-state index in [2.05, 4.69) is 10.1 Å². The maximum atomic E-state index is 6.09. The van der Waals surface area contributed by atoms with E-state index >= 15 is 0 Å². The second-order valence-corrected chi connectivity index (χ2v) is 4.64. The van der Waals surface area contributed by atoms with Crippen molar-refractivity contribution in [1.29, 1.82) is 0 Å². The Balaban J connectivity index is 1.90. The molecular formula is C13H11N3OS. The Bertz CT molecular complexity index is 619. The molecule has 0 spiro atoms. The highest BCUT2D eigenvalue weighted by Crippen LogP contribution is 2.22. The van der Waals surface area contributed by atoms with Crippen molar-refractivity contribution < 1.29 is 4.52 Å². The zero-order valence-electron chi connectivity index (χ0n) is 9.48. The first-order valence-electron chi connectivity index (χ1n) is 5.51. The Kier molecular flexibility index (Phi) is 2.92. The molecule has 0 saturated heterocycles. The number of rotatable bonds is 3. The first-order valence-corrected chi connectivity index (χ1v) is 6.45. The van der Waals surface area contributed by atoms with Gasteiger partial charge in [-0.3, -0.25) is 0 Å². The standard InChI is InChI=1S/C13H11N3OS/c14-11(9-4-2-1-3-5-9)13-15-12(16-17-13)10-6-7-18-8-10/h1-8,11H,14H2. The third-order valence-electron chi connectivity index (χ3n) is 2.65. The van der Waals surface area contributed by atoms with Crippen molar-refractivity contribution in [3.8, 4) is 11.4 Å². The third kappa shape index (κ3) is 2.05. The van der Waals surface area contributed by atoms with Gasteiger partial charge in [0.2, 0.25) is 11.7 Å². The number of hydrogen-bond acceptors (Lipinski definition) is 5. The maximum absolute atomic E-state index is 6.09. The van der Waals surface area contributed by atoms with E-state index in [1.165, 1.54) is 0 Å². The smallest absolute Gasteiger partial charge is 0.248 e. The second-order valence-electron chi connectivity index (χ2n) is 3.86. The molecule has 4 nitrogen and oxygen atoms in total. The Morgan fingerprint density at radius 2 is 2.00 bits per heavy atom. The van der Waals surface area contributed by atoms with Crippen LogP contribution in [0, 0.1) is 0 Å². The minimum atomic E-state index is -0.383. The molecule has 0 saturated carbocycles. The lowest BCUT2D eigenvalue weighted by atomic mass is 10.1. The van der Waals surface area contributed by atoms with Gasteiger partial charge in [-0.1, -0.05) is 35.5 Å². The highest BCUT2D eigenvalue weighted by atomic mass is 32.1. The summed E-state index contributed by atoms with van der Waals surface area (Å²) in [5.41, 5.74) is 8.00. The Morgan fingerprint density at radius 3 is 2.72 bits per heavy atom. The average Bonchev–Trinajstić information content (AvgIpc) is 3.09. The first-order chi connectivity index (χ1) is 8.84. The van der Waals surface area contributed by atoms with Gasteiger partial charge in [0, 0.05) is 10.9 Å². The van der Waals surface area contributed by atoms with Crippen molar-refractivity contribution in [3.05, 3.63) is 58.6 Å². The topological polar surface area (TPSA) is 64.9 Å². The van der Waals surface area contributed by atoms with Crippen molar-refractivity contribution >= 4 is 11.3 Å². The fraction of sp³-hybridized carbons (Fsp3) is 0.0769. The number of nitrogens with zero attached hydrogens (tertiary/aromatic N) is 2. The lowest BCUT2D eigenvalue weighted by Crippen LogP contribution is -2.11. The largest absolute Gasteiger partial charge is 0.337 e. The van der Waals surface area contributed by atoms with Gasteiger partial charge < -0.3 is 10.3 Å². The summed E-state index contributed by atoms with van der Waals surface area (Å²) < 4.78 is 5.22. The van der Waals surface area contributed by atoms with E-state index in [-0.39, 0.29) is 6.04 Å². The molecule has 1 unspecified atom stereocenters. The predicted octanol–water partition coefficient (Wildman–Crippen LogP) is 2.85. The molecule has 0 radical (unpaired) electrons. The van der Waals surface area contributed by atoms with E-state index < -0.39 is 0 Å². The van der Waals surface area contributed by atoms with Crippen LogP contribution in [0.2, 0.25) is 0 Å². The van der Waals surface area contributed by atoms with E-state index in [1.807, 2.05) is 47.2 Å². The van der Waals surface area contributed by atoms with Crippen LogP contribution in [0.1, 0.15) is 17.5 Å². The summed E-state index contributed by atoms with van der Waals surface area (Å²) >= 11 is 1.60. The normalized spacial score (nSPS) is 12.5. The molecule has 3 aromatic rings. The average molecular weight is 257 g/mol. The molecule has 2 N–H and O–H groups in total. The van der Waals surface area contributed by atoms with Crippen molar-refractivity contribution in [2.75, 3.05) is 0 Å². The van der Waals surface area contributed by atoms with Crippen molar-refractivity contribution in [2.45, 2.75) is 6.04 Å². The molecule has 0 aliphatic carbocycles.